The third-order valence-electron chi connectivity index (χ3n) is 2.28. The summed E-state index contributed by atoms with van der Waals surface area (Å²) in [6.45, 7) is 4.14. The van der Waals surface area contributed by atoms with Crippen molar-refractivity contribution in [3.05, 3.63) is 59.9 Å². The maximum atomic E-state index is 5.51. The first-order valence-electron chi connectivity index (χ1n) is 5.08. The second-order valence-corrected chi connectivity index (χ2v) is 4.27. The van der Waals surface area contributed by atoms with Gasteiger partial charge in [-0.15, -0.1) is 0 Å². The molecule has 0 atom stereocenters. The third kappa shape index (κ3) is 2.45. The smallest absolute Gasteiger partial charge is 0.127 e. The van der Waals surface area contributed by atoms with Gasteiger partial charge in [0.2, 0.25) is 0 Å². The lowest BCUT2D eigenvalue weighted by Gasteiger charge is -2.10. The molecule has 0 aliphatic rings. The molecule has 2 rings (SSSR count). The molecule has 0 unspecified atom stereocenters. The fraction of sp³-hybridized carbons (Fsp3) is 0.0714. The number of hydrogen-bond donors (Lipinski definition) is 0. The molecule has 0 amide bonds. The molecule has 0 fully saturated rings. The summed E-state index contributed by atoms with van der Waals surface area (Å²) in [6.07, 6.45) is 0. The second kappa shape index (κ2) is 5.17. The van der Waals surface area contributed by atoms with E-state index in [1.165, 1.54) is 0 Å². The molecule has 0 saturated heterocycles. The van der Waals surface area contributed by atoms with Crippen LogP contribution in [0.2, 0.25) is 0 Å². The van der Waals surface area contributed by atoms with Gasteiger partial charge in [-0.2, -0.15) is 0 Å². The number of benzene rings is 2. The Balaban J connectivity index is 2.49. The van der Waals surface area contributed by atoms with Crippen molar-refractivity contribution in [1.82, 2.24) is 0 Å². The van der Waals surface area contributed by atoms with Crippen LogP contribution < -0.4 is 4.74 Å². The van der Waals surface area contributed by atoms with E-state index in [0.29, 0.717) is 6.61 Å². The molecule has 0 heterocycles. The predicted octanol–water partition coefficient (Wildman–Crippen LogP) is 4.33. The van der Waals surface area contributed by atoms with Gasteiger partial charge in [0.15, 0.2) is 0 Å². The Kier molecular flexibility index (Phi) is 3.62. The molecule has 1 nitrogen and oxygen atoms in total. The third-order valence-corrected chi connectivity index (χ3v) is 2.78. The highest BCUT2D eigenvalue weighted by Gasteiger charge is 2.06. The van der Waals surface area contributed by atoms with E-state index in [-0.39, 0.29) is 0 Å². The van der Waals surface area contributed by atoms with Crippen LogP contribution in [0, 0.1) is 6.92 Å². The number of hydrogen-bond acceptors (Lipinski definition) is 1. The highest BCUT2D eigenvalue weighted by atomic mass is 79.9. The summed E-state index contributed by atoms with van der Waals surface area (Å²) < 4.78 is 6.56. The van der Waals surface area contributed by atoms with Crippen LogP contribution in [0.15, 0.2) is 53.0 Å². The quantitative estimate of drug-likeness (QED) is 0.810. The zero-order valence-corrected chi connectivity index (χ0v) is 10.4. The first-order chi connectivity index (χ1) is 7.81. The monoisotopic (exact) mass is 275 g/mol. The van der Waals surface area contributed by atoms with Crippen LogP contribution in [0.25, 0.3) is 11.1 Å². The summed E-state index contributed by atoms with van der Waals surface area (Å²) in [5.74, 6) is 0.865. The Morgan fingerprint density at radius 2 is 1.81 bits per heavy atom. The largest absolute Gasteiger partial charge is 0.493 e. The lowest BCUT2D eigenvalue weighted by atomic mass is 10.1. The van der Waals surface area contributed by atoms with Gasteiger partial charge in [0.05, 0.1) is 6.61 Å². The zero-order chi connectivity index (χ0) is 11.4. The van der Waals surface area contributed by atoms with Crippen LogP contribution in [0.5, 0.6) is 5.75 Å². The lowest BCUT2D eigenvalue weighted by Crippen LogP contribution is -1.94. The van der Waals surface area contributed by atoms with Crippen LogP contribution in [0.3, 0.4) is 0 Å². The standard InChI is InChI=1S/C14H12BrO/c1-2-16-14-9-8-12(15)10-13(14)11-6-4-3-5-7-11/h3-10H,1-2H2. The normalized spacial score (nSPS) is 10.1. The van der Waals surface area contributed by atoms with Crippen LogP contribution in [-0.2, 0) is 0 Å². The zero-order valence-electron chi connectivity index (χ0n) is 8.82. The van der Waals surface area contributed by atoms with Crippen molar-refractivity contribution in [3.8, 4) is 16.9 Å². The number of rotatable bonds is 3. The Labute approximate surface area is 104 Å². The molecular weight excluding hydrogens is 264 g/mol. The summed E-state index contributed by atoms with van der Waals surface area (Å²) in [5, 5.41) is 0. The number of halogens is 1. The molecule has 0 aliphatic heterocycles. The van der Waals surface area contributed by atoms with E-state index in [9.17, 15) is 0 Å². The molecule has 0 N–H and O–H groups in total. The van der Waals surface area contributed by atoms with Gasteiger partial charge in [-0.3, -0.25) is 0 Å². The van der Waals surface area contributed by atoms with Gasteiger partial charge in [0.1, 0.15) is 5.75 Å². The van der Waals surface area contributed by atoms with Gasteiger partial charge in [-0.25, -0.2) is 0 Å². The molecule has 0 bridgehead atoms. The maximum Gasteiger partial charge on any atom is 0.127 e. The van der Waals surface area contributed by atoms with E-state index in [1.54, 1.807) is 0 Å². The highest BCUT2D eigenvalue weighted by Crippen LogP contribution is 2.32. The van der Waals surface area contributed by atoms with Crippen LogP contribution in [0.4, 0.5) is 0 Å². The maximum absolute atomic E-state index is 5.51. The van der Waals surface area contributed by atoms with Crippen LogP contribution in [0.1, 0.15) is 0 Å². The molecule has 0 spiro atoms. The summed E-state index contributed by atoms with van der Waals surface area (Å²) in [4.78, 5) is 0. The van der Waals surface area contributed by atoms with Gasteiger partial charge in [0, 0.05) is 10.0 Å². The summed E-state index contributed by atoms with van der Waals surface area (Å²) in [6, 6.07) is 16.2. The van der Waals surface area contributed by atoms with Crippen molar-refractivity contribution in [2.45, 2.75) is 0 Å². The molecule has 2 aromatic rings. The minimum Gasteiger partial charge on any atom is -0.493 e. The average molecular weight is 276 g/mol. The van der Waals surface area contributed by atoms with Crippen molar-refractivity contribution in [2.24, 2.45) is 0 Å². The molecule has 0 aromatic heterocycles. The van der Waals surface area contributed by atoms with E-state index in [2.05, 4.69) is 41.1 Å². The summed E-state index contributed by atoms with van der Waals surface area (Å²) in [5.41, 5.74) is 2.23. The fourth-order valence-corrected chi connectivity index (χ4v) is 1.94. The molecule has 2 heteroatoms. The molecule has 16 heavy (non-hydrogen) atoms. The SMILES string of the molecule is [CH2]COc1ccc(Br)cc1-c1ccccc1. The predicted molar refractivity (Wildman–Crippen MR) is 70.4 cm³/mol. The molecule has 1 radical (unpaired) electrons. The minimum absolute atomic E-state index is 0.432. The van der Waals surface area contributed by atoms with E-state index in [0.717, 1.165) is 21.3 Å². The Morgan fingerprint density at radius 3 is 2.50 bits per heavy atom. The van der Waals surface area contributed by atoms with Crippen molar-refractivity contribution >= 4 is 15.9 Å². The Morgan fingerprint density at radius 1 is 1.06 bits per heavy atom. The minimum atomic E-state index is 0.432. The molecule has 2 aromatic carbocycles. The van der Waals surface area contributed by atoms with E-state index in [4.69, 9.17) is 4.74 Å². The van der Waals surface area contributed by atoms with Crippen LogP contribution in [-0.4, -0.2) is 6.61 Å². The summed E-state index contributed by atoms with van der Waals surface area (Å²) >= 11 is 3.47. The summed E-state index contributed by atoms with van der Waals surface area (Å²) in [7, 11) is 0. The van der Waals surface area contributed by atoms with Crippen molar-refractivity contribution in [2.75, 3.05) is 6.61 Å². The van der Waals surface area contributed by atoms with Gasteiger partial charge in [-0.1, -0.05) is 46.3 Å². The average Bonchev–Trinajstić information content (AvgIpc) is 2.33. The second-order valence-electron chi connectivity index (χ2n) is 3.35. The van der Waals surface area contributed by atoms with Gasteiger partial charge < -0.3 is 4.74 Å². The Bertz CT molecular complexity index is 465. The fourth-order valence-electron chi connectivity index (χ4n) is 1.58. The first-order valence-corrected chi connectivity index (χ1v) is 5.87. The van der Waals surface area contributed by atoms with E-state index < -0.39 is 0 Å². The lowest BCUT2D eigenvalue weighted by molar-refractivity contribution is 0.362. The van der Waals surface area contributed by atoms with Crippen molar-refractivity contribution in [1.29, 1.82) is 0 Å². The van der Waals surface area contributed by atoms with Gasteiger partial charge in [0.25, 0.3) is 0 Å². The topological polar surface area (TPSA) is 9.23 Å². The molecule has 0 aliphatic carbocycles. The van der Waals surface area contributed by atoms with E-state index in [1.807, 2.05) is 30.3 Å². The first kappa shape index (κ1) is 11.2. The van der Waals surface area contributed by atoms with Crippen LogP contribution >= 0.6 is 15.9 Å². The van der Waals surface area contributed by atoms with Gasteiger partial charge in [-0.05, 0) is 30.7 Å². The molecular formula is C14H12BrO. The molecule has 0 saturated carbocycles. The number of ether oxygens (including phenoxy) is 1. The highest BCUT2D eigenvalue weighted by molar-refractivity contribution is 9.10. The molecule has 81 valence electrons. The van der Waals surface area contributed by atoms with Crippen molar-refractivity contribution in [3.63, 3.8) is 0 Å². The Hall–Kier alpha value is -1.28. The van der Waals surface area contributed by atoms with Gasteiger partial charge >= 0.3 is 0 Å². The van der Waals surface area contributed by atoms with Crippen molar-refractivity contribution < 1.29 is 4.74 Å². The van der Waals surface area contributed by atoms with E-state index >= 15 is 0 Å².